The zero-order chi connectivity index (χ0) is 17.1. The fraction of sp³-hybridized carbons (Fsp3) is 0.278. The number of para-hydroxylation sites is 1. The first-order valence-electron chi connectivity index (χ1n) is 7.86. The molecule has 2 N–H and O–H groups in total. The van der Waals surface area contributed by atoms with Crippen molar-refractivity contribution in [3.8, 4) is 5.75 Å². The number of aromatic nitrogens is 1. The number of carbonyl (C=O) groups is 2. The Morgan fingerprint density at radius 2 is 2.00 bits per heavy atom. The number of rotatable bonds is 4. The topological polar surface area (TPSA) is 88.5 Å². The Bertz CT molecular complexity index is 788. The summed E-state index contributed by atoms with van der Waals surface area (Å²) in [6.07, 6.45) is 1.51. The van der Waals surface area contributed by atoms with Crippen LogP contribution in [0.1, 0.15) is 51.5 Å². The molecule has 6 nitrogen and oxygen atoms in total. The van der Waals surface area contributed by atoms with E-state index in [-0.39, 0.29) is 17.4 Å². The quantitative estimate of drug-likeness (QED) is 0.901. The Morgan fingerprint density at radius 3 is 2.75 bits per heavy atom. The van der Waals surface area contributed by atoms with Gasteiger partial charge in [-0.15, -0.1) is 0 Å². The molecule has 1 aliphatic rings. The van der Waals surface area contributed by atoms with E-state index in [0.29, 0.717) is 13.0 Å². The second-order valence-electron chi connectivity index (χ2n) is 5.57. The Hall–Kier alpha value is -2.89. The summed E-state index contributed by atoms with van der Waals surface area (Å²) in [4.78, 5) is 27.3. The van der Waals surface area contributed by atoms with Crippen LogP contribution in [0.15, 0.2) is 36.4 Å². The molecular formula is C18H18N2O4. The van der Waals surface area contributed by atoms with Crippen LogP contribution in [0.4, 0.5) is 0 Å². The maximum Gasteiger partial charge on any atom is 0.354 e. The van der Waals surface area contributed by atoms with Crippen molar-refractivity contribution in [2.75, 3.05) is 6.61 Å². The smallest absolute Gasteiger partial charge is 0.354 e. The van der Waals surface area contributed by atoms with Gasteiger partial charge in [0.15, 0.2) is 0 Å². The largest absolute Gasteiger partial charge is 0.493 e. The molecule has 1 aliphatic heterocycles. The van der Waals surface area contributed by atoms with E-state index in [0.717, 1.165) is 23.3 Å². The van der Waals surface area contributed by atoms with Crippen molar-refractivity contribution in [3.63, 3.8) is 0 Å². The van der Waals surface area contributed by atoms with Crippen LogP contribution in [0.2, 0.25) is 0 Å². The molecule has 6 heteroatoms. The van der Waals surface area contributed by atoms with E-state index in [9.17, 15) is 9.59 Å². The maximum absolute atomic E-state index is 12.4. The lowest BCUT2D eigenvalue weighted by Gasteiger charge is -2.28. The number of ether oxygens (including phenoxy) is 1. The molecular weight excluding hydrogens is 308 g/mol. The van der Waals surface area contributed by atoms with Crippen molar-refractivity contribution >= 4 is 11.9 Å². The predicted molar refractivity (Wildman–Crippen MR) is 87.3 cm³/mol. The number of carboxylic acid groups (broad SMARTS) is 1. The summed E-state index contributed by atoms with van der Waals surface area (Å²) in [5.74, 6) is -0.713. The van der Waals surface area contributed by atoms with E-state index in [1.807, 2.05) is 18.2 Å². The van der Waals surface area contributed by atoms with Gasteiger partial charge >= 0.3 is 5.97 Å². The summed E-state index contributed by atoms with van der Waals surface area (Å²) in [6, 6.07) is 10.1. The zero-order valence-electron chi connectivity index (χ0n) is 13.3. The Kier molecular flexibility index (Phi) is 4.46. The second-order valence-corrected chi connectivity index (χ2v) is 5.57. The minimum atomic E-state index is -1.16. The lowest BCUT2D eigenvalue weighted by Crippen LogP contribution is -2.33. The van der Waals surface area contributed by atoms with Crippen LogP contribution in [-0.2, 0) is 6.42 Å². The monoisotopic (exact) mass is 326 g/mol. The second kappa shape index (κ2) is 6.70. The van der Waals surface area contributed by atoms with Crippen LogP contribution >= 0.6 is 0 Å². The molecule has 0 spiro atoms. The highest BCUT2D eigenvalue weighted by Gasteiger charge is 2.25. The summed E-state index contributed by atoms with van der Waals surface area (Å²) < 4.78 is 5.77. The number of nitrogens with zero attached hydrogens (tertiary/aromatic N) is 1. The highest BCUT2D eigenvalue weighted by atomic mass is 16.5. The number of aromatic carboxylic acids is 1. The van der Waals surface area contributed by atoms with E-state index in [2.05, 4.69) is 17.2 Å². The average molecular weight is 326 g/mol. The van der Waals surface area contributed by atoms with Gasteiger partial charge in [-0.3, -0.25) is 4.79 Å². The standard InChI is InChI=1S/C18H18N2O4/c1-2-11-5-3-6-12-13(9-10-24-16(11)12)20-17(21)14-7-4-8-15(19-14)18(22)23/h3-8,13H,2,9-10H2,1H3,(H,20,21)(H,22,23). The summed E-state index contributed by atoms with van der Waals surface area (Å²) >= 11 is 0. The highest BCUT2D eigenvalue weighted by molar-refractivity contribution is 5.94. The van der Waals surface area contributed by atoms with Crippen molar-refractivity contribution < 1.29 is 19.4 Å². The molecule has 124 valence electrons. The van der Waals surface area contributed by atoms with Crippen LogP contribution in [0.25, 0.3) is 0 Å². The molecule has 1 aromatic heterocycles. The minimum Gasteiger partial charge on any atom is -0.493 e. The molecule has 0 saturated carbocycles. The van der Waals surface area contributed by atoms with E-state index in [1.165, 1.54) is 18.2 Å². The number of carboxylic acids is 1. The van der Waals surface area contributed by atoms with Crippen molar-refractivity contribution in [2.24, 2.45) is 0 Å². The molecule has 3 rings (SSSR count). The van der Waals surface area contributed by atoms with Crippen LogP contribution < -0.4 is 10.1 Å². The summed E-state index contributed by atoms with van der Waals surface area (Å²) in [5.41, 5.74) is 2.00. The van der Waals surface area contributed by atoms with Crippen LogP contribution in [-0.4, -0.2) is 28.6 Å². The lowest BCUT2D eigenvalue weighted by molar-refractivity contribution is 0.0690. The van der Waals surface area contributed by atoms with Gasteiger partial charge in [-0.05, 0) is 24.1 Å². The molecule has 0 aliphatic carbocycles. The minimum absolute atomic E-state index is 0.0922. The van der Waals surface area contributed by atoms with E-state index in [4.69, 9.17) is 9.84 Å². The Balaban J connectivity index is 1.84. The third-order valence-corrected chi connectivity index (χ3v) is 4.04. The number of benzene rings is 1. The molecule has 0 radical (unpaired) electrons. The molecule has 1 unspecified atom stereocenters. The van der Waals surface area contributed by atoms with Gasteiger partial charge in [-0.25, -0.2) is 9.78 Å². The number of amides is 1. The number of aryl methyl sites for hydroxylation is 1. The van der Waals surface area contributed by atoms with Gasteiger partial charge in [-0.2, -0.15) is 0 Å². The Labute approximate surface area is 139 Å². The third kappa shape index (κ3) is 3.08. The maximum atomic E-state index is 12.4. The summed E-state index contributed by atoms with van der Waals surface area (Å²) in [6.45, 7) is 2.58. The number of fused-ring (bicyclic) bond motifs is 1. The molecule has 2 heterocycles. The molecule has 1 aromatic carbocycles. The van der Waals surface area contributed by atoms with Gasteiger partial charge in [0.1, 0.15) is 17.1 Å². The van der Waals surface area contributed by atoms with Gasteiger partial charge < -0.3 is 15.2 Å². The first-order valence-corrected chi connectivity index (χ1v) is 7.86. The van der Waals surface area contributed by atoms with Crippen molar-refractivity contribution in [1.29, 1.82) is 0 Å². The highest BCUT2D eigenvalue weighted by Crippen LogP contribution is 2.35. The number of hydrogen-bond acceptors (Lipinski definition) is 4. The van der Waals surface area contributed by atoms with Gasteiger partial charge in [-0.1, -0.05) is 31.2 Å². The van der Waals surface area contributed by atoms with Gasteiger partial charge in [0, 0.05) is 12.0 Å². The Morgan fingerprint density at radius 1 is 1.25 bits per heavy atom. The summed E-state index contributed by atoms with van der Waals surface area (Å²) in [7, 11) is 0. The van der Waals surface area contributed by atoms with Gasteiger partial charge in [0.25, 0.3) is 5.91 Å². The van der Waals surface area contributed by atoms with Crippen molar-refractivity contribution in [1.82, 2.24) is 10.3 Å². The molecule has 1 atom stereocenters. The van der Waals surface area contributed by atoms with Crippen molar-refractivity contribution in [2.45, 2.75) is 25.8 Å². The fourth-order valence-corrected chi connectivity index (χ4v) is 2.83. The van der Waals surface area contributed by atoms with E-state index < -0.39 is 11.9 Å². The van der Waals surface area contributed by atoms with Crippen LogP contribution in [0, 0.1) is 0 Å². The van der Waals surface area contributed by atoms with Gasteiger partial charge in [0.2, 0.25) is 0 Å². The SMILES string of the molecule is CCc1cccc2c1OCCC2NC(=O)c1cccc(C(=O)O)n1. The molecule has 24 heavy (non-hydrogen) atoms. The molecule has 1 amide bonds. The van der Waals surface area contributed by atoms with Gasteiger partial charge in [0.05, 0.1) is 12.6 Å². The fourth-order valence-electron chi connectivity index (χ4n) is 2.83. The van der Waals surface area contributed by atoms with Crippen LogP contribution in [0.3, 0.4) is 0 Å². The predicted octanol–water partition coefficient (Wildman–Crippen LogP) is 2.60. The number of hydrogen-bond donors (Lipinski definition) is 2. The molecule has 0 saturated heterocycles. The first-order chi connectivity index (χ1) is 11.6. The molecule has 2 aromatic rings. The van der Waals surface area contributed by atoms with Crippen LogP contribution in [0.5, 0.6) is 5.75 Å². The lowest BCUT2D eigenvalue weighted by atomic mass is 9.96. The normalized spacial score (nSPS) is 16.0. The molecule has 0 bridgehead atoms. The number of pyridine rings is 1. The third-order valence-electron chi connectivity index (χ3n) is 4.04. The van der Waals surface area contributed by atoms with E-state index in [1.54, 1.807) is 0 Å². The number of carbonyl (C=O) groups excluding carboxylic acids is 1. The summed E-state index contributed by atoms with van der Waals surface area (Å²) in [5, 5.41) is 11.9. The zero-order valence-corrected chi connectivity index (χ0v) is 13.3. The average Bonchev–Trinajstić information content (AvgIpc) is 2.61. The molecule has 0 fully saturated rings. The number of nitrogens with one attached hydrogen (secondary N) is 1. The van der Waals surface area contributed by atoms with E-state index >= 15 is 0 Å². The van der Waals surface area contributed by atoms with Crippen molar-refractivity contribution in [3.05, 3.63) is 58.9 Å². The first kappa shape index (κ1) is 16.0.